The third-order valence-electron chi connectivity index (χ3n) is 3.48. The Morgan fingerprint density at radius 3 is 2.63 bits per heavy atom. The first kappa shape index (κ1) is 13.3. The highest BCUT2D eigenvalue weighted by Crippen LogP contribution is 2.35. The van der Waals surface area contributed by atoms with Gasteiger partial charge in [-0.25, -0.2) is 4.39 Å². The number of nitrogen functional groups attached to an aromatic ring is 1. The number of carbonyl (C=O) groups is 2. The van der Waals surface area contributed by atoms with E-state index in [4.69, 9.17) is 10.8 Å². The van der Waals surface area contributed by atoms with Crippen LogP contribution in [0.2, 0.25) is 0 Å². The van der Waals surface area contributed by atoms with E-state index in [1.807, 2.05) is 0 Å². The van der Waals surface area contributed by atoms with E-state index in [0.29, 0.717) is 12.8 Å². The average molecular weight is 266 g/mol. The topological polar surface area (TPSA) is 92.4 Å². The standard InChI is InChI=1S/C13H15FN2O3/c14-9-4-1-3-8(11(9)15)12(19)16-13(5-2-6-13)7-10(17)18/h1,3-4H,2,5-7,15H2,(H,16,19)(H,17,18). The van der Waals surface area contributed by atoms with Crippen molar-refractivity contribution in [2.24, 2.45) is 0 Å². The zero-order chi connectivity index (χ0) is 14.0. The van der Waals surface area contributed by atoms with Gasteiger partial charge in [0.05, 0.1) is 23.2 Å². The first-order chi connectivity index (χ1) is 8.93. The number of carbonyl (C=O) groups excluding carboxylic acids is 1. The molecule has 0 saturated heterocycles. The molecule has 0 spiro atoms. The number of nitrogens with two attached hydrogens (primary N) is 1. The van der Waals surface area contributed by atoms with Crippen molar-refractivity contribution in [3.63, 3.8) is 0 Å². The average Bonchev–Trinajstić information content (AvgIpc) is 2.29. The lowest BCUT2D eigenvalue weighted by Gasteiger charge is -2.41. The summed E-state index contributed by atoms with van der Waals surface area (Å²) >= 11 is 0. The molecule has 4 N–H and O–H groups in total. The molecule has 1 fully saturated rings. The van der Waals surface area contributed by atoms with Crippen molar-refractivity contribution in [3.8, 4) is 0 Å². The summed E-state index contributed by atoms with van der Waals surface area (Å²) in [5.41, 5.74) is 4.61. The maximum absolute atomic E-state index is 13.3. The minimum absolute atomic E-state index is 0.0386. The Balaban J connectivity index is 2.16. The number of rotatable bonds is 4. The van der Waals surface area contributed by atoms with Crippen molar-refractivity contribution in [3.05, 3.63) is 29.6 Å². The van der Waals surface area contributed by atoms with Gasteiger partial charge in [0.2, 0.25) is 0 Å². The second kappa shape index (κ2) is 4.87. The van der Waals surface area contributed by atoms with Crippen molar-refractivity contribution in [1.82, 2.24) is 5.32 Å². The number of hydrogen-bond acceptors (Lipinski definition) is 3. The van der Waals surface area contributed by atoms with Crippen LogP contribution in [0.25, 0.3) is 0 Å². The summed E-state index contributed by atoms with van der Waals surface area (Å²) in [6.07, 6.45) is 1.96. The Morgan fingerprint density at radius 2 is 2.11 bits per heavy atom. The highest BCUT2D eigenvalue weighted by Gasteiger charge is 2.40. The highest BCUT2D eigenvalue weighted by molar-refractivity contribution is 5.99. The van der Waals surface area contributed by atoms with E-state index < -0.39 is 23.2 Å². The summed E-state index contributed by atoms with van der Waals surface area (Å²) < 4.78 is 13.3. The van der Waals surface area contributed by atoms with Gasteiger partial charge in [-0.1, -0.05) is 6.07 Å². The van der Waals surface area contributed by atoms with Crippen LogP contribution in [0, 0.1) is 5.82 Å². The molecular weight excluding hydrogens is 251 g/mol. The number of carboxylic acid groups (broad SMARTS) is 1. The van der Waals surface area contributed by atoms with Crippen LogP contribution in [-0.4, -0.2) is 22.5 Å². The van der Waals surface area contributed by atoms with E-state index in [1.165, 1.54) is 18.2 Å². The van der Waals surface area contributed by atoms with Crippen LogP contribution in [0.1, 0.15) is 36.0 Å². The monoisotopic (exact) mass is 266 g/mol. The molecule has 1 aliphatic carbocycles. The van der Waals surface area contributed by atoms with Gasteiger partial charge in [-0.05, 0) is 31.4 Å². The lowest BCUT2D eigenvalue weighted by Crippen LogP contribution is -2.54. The Morgan fingerprint density at radius 1 is 1.42 bits per heavy atom. The quantitative estimate of drug-likeness (QED) is 0.721. The van der Waals surface area contributed by atoms with Gasteiger partial charge in [-0.3, -0.25) is 9.59 Å². The molecule has 1 amide bonds. The summed E-state index contributed by atoms with van der Waals surface area (Å²) in [6.45, 7) is 0. The first-order valence-corrected chi connectivity index (χ1v) is 6.02. The molecule has 0 bridgehead atoms. The number of anilines is 1. The summed E-state index contributed by atoms with van der Waals surface area (Å²) in [7, 11) is 0. The molecule has 0 aromatic heterocycles. The minimum atomic E-state index is -0.966. The molecule has 0 heterocycles. The van der Waals surface area contributed by atoms with Gasteiger partial charge < -0.3 is 16.2 Å². The summed E-state index contributed by atoms with van der Waals surface area (Å²) in [5, 5.41) is 11.5. The molecule has 5 nitrogen and oxygen atoms in total. The maximum Gasteiger partial charge on any atom is 0.305 e. The molecule has 2 rings (SSSR count). The second-order valence-corrected chi connectivity index (χ2v) is 4.86. The van der Waals surface area contributed by atoms with Crippen LogP contribution in [0.5, 0.6) is 0 Å². The fourth-order valence-corrected chi connectivity index (χ4v) is 2.28. The molecule has 102 valence electrons. The highest BCUT2D eigenvalue weighted by atomic mass is 19.1. The van der Waals surface area contributed by atoms with Crippen molar-refractivity contribution in [2.45, 2.75) is 31.2 Å². The third-order valence-corrected chi connectivity index (χ3v) is 3.48. The normalized spacial score (nSPS) is 16.5. The molecule has 6 heteroatoms. The van der Waals surface area contributed by atoms with E-state index in [0.717, 1.165) is 6.42 Å². The maximum atomic E-state index is 13.3. The minimum Gasteiger partial charge on any atom is -0.481 e. The van der Waals surface area contributed by atoms with Gasteiger partial charge in [0.1, 0.15) is 5.82 Å². The molecular formula is C13H15FN2O3. The molecule has 0 atom stereocenters. The van der Waals surface area contributed by atoms with Gasteiger partial charge in [-0.2, -0.15) is 0 Å². The third kappa shape index (κ3) is 2.67. The number of nitrogens with one attached hydrogen (secondary N) is 1. The fourth-order valence-electron chi connectivity index (χ4n) is 2.28. The molecule has 1 aliphatic rings. The van der Waals surface area contributed by atoms with E-state index in [9.17, 15) is 14.0 Å². The number of carboxylic acids is 1. The second-order valence-electron chi connectivity index (χ2n) is 4.86. The smallest absolute Gasteiger partial charge is 0.305 e. The Kier molecular flexibility index (Phi) is 3.42. The van der Waals surface area contributed by atoms with E-state index in [2.05, 4.69) is 5.32 Å². The van der Waals surface area contributed by atoms with Crippen molar-refractivity contribution in [2.75, 3.05) is 5.73 Å². The van der Waals surface area contributed by atoms with E-state index in [1.54, 1.807) is 0 Å². The predicted octanol–water partition coefficient (Wildman–Crippen LogP) is 1.54. The van der Waals surface area contributed by atoms with Gasteiger partial charge in [0, 0.05) is 0 Å². The van der Waals surface area contributed by atoms with Crippen LogP contribution in [0.3, 0.4) is 0 Å². The van der Waals surface area contributed by atoms with Crippen molar-refractivity contribution >= 4 is 17.6 Å². The largest absolute Gasteiger partial charge is 0.481 e. The number of aliphatic carboxylic acids is 1. The Hall–Kier alpha value is -2.11. The van der Waals surface area contributed by atoms with Gasteiger partial charge >= 0.3 is 5.97 Å². The lowest BCUT2D eigenvalue weighted by atomic mass is 9.74. The van der Waals surface area contributed by atoms with Crippen LogP contribution < -0.4 is 11.1 Å². The first-order valence-electron chi connectivity index (χ1n) is 6.02. The van der Waals surface area contributed by atoms with Gasteiger partial charge in [0.15, 0.2) is 0 Å². The van der Waals surface area contributed by atoms with E-state index >= 15 is 0 Å². The SMILES string of the molecule is Nc1c(F)cccc1C(=O)NC1(CC(=O)O)CCC1. The molecule has 0 aliphatic heterocycles. The van der Waals surface area contributed by atoms with Gasteiger partial charge in [0.25, 0.3) is 5.91 Å². The molecule has 1 aromatic carbocycles. The summed E-state index contributed by atoms with van der Waals surface area (Å²) in [5.74, 6) is -2.15. The van der Waals surface area contributed by atoms with Crippen molar-refractivity contribution in [1.29, 1.82) is 0 Å². The summed E-state index contributed by atoms with van der Waals surface area (Å²) in [6, 6.07) is 3.98. The lowest BCUT2D eigenvalue weighted by molar-refractivity contribution is -0.139. The van der Waals surface area contributed by atoms with Crippen LogP contribution in [0.15, 0.2) is 18.2 Å². The number of benzene rings is 1. The predicted molar refractivity (Wildman–Crippen MR) is 67.1 cm³/mol. The number of para-hydroxylation sites is 1. The zero-order valence-corrected chi connectivity index (χ0v) is 10.3. The van der Waals surface area contributed by atoms with E-state index in [-0.39, 0.29) is 17.7 Å². The Bertz CT molecular complexity index is 527. The fraction of sp³-hybridized carbons (Fsp3) is 0.385. The molecule has 1 aromatic rings. The molecule has 19 heavy (non-hydrogen) atoms. The van der Waals surface area contributed by atoms with Crippen LogP contribution in [0.4, 0.5) is 10.1 Å². The summed E-state index contributed by atoms with van der Waals surface area (Å²) in [4.78, 5) is 22.9. The van der Waals surface area contributed by atoms with Crippen LogP contribution >= 0.6 is 0 Å². The zero-order valence-electron chi connectivity index (χ0n) is 10.3. The number of halogens is 1. The van der Waals surface area contributed by atoms with Crippen LogP contribution in [-0.2, 0) is 4.79 Å². The molecule has 1 saturated carbocycles. The number of amides is 1. The Labute approximate surface area is 109 Å². The molecule has 0 unspecified atom stereocenters. The molecule has 0 radical (unpaired) electrons. The van der Waals surface area contributed by atoms with Crippen molar-refractivity contribution < 1.29 is 19.1 Å². The van der Waals surface area contributed by atoms with Gasteiger partial charge in [-0.15, -0.1) is 0 Å². The number of hydrogen-bond donors (Lipinski definition) is 3.